The summed E-state index contributed by atoms with van der Waals surface area (Å²) in [6, 6.07) is 2.47. The SMILES string of the molecule is Cc1cc(C(=O)NC2CCCNC2C)c(C)n1-c1nccs1. The van der Waals surface area contributed by atoms with Gasteiger partial charge in [0, 0.05) is 35.0 Å². The summed E-state index contributed by atoms with van der Waals surface area (Å²) in [7, 11) is 0. The fraction of sp³-hybridized carbons (Fsp3) is 0.500. The molecule has 1 amide bonds. The van der Waals surface area contributed by atoms with Gasteiger partial charge in [0.25, 0.3) is 5.91 Å². The first-order chi connectivity index (χ1) is 10.6. The van der Waals surface area contributed by atoms with Crippen molar-refractivity contribution in [1.29, 1.82) is 0 Å². The van der Waals surface area contributed by atoms with Crippen molar-refractivity contribution in [2.75, 3.05) is 6.54 Å². The van der Waals surface area contributed by atoms with Crippen LogP contribution in [-0.2, 0) is 0 Å². The minimum atomic E-state index is 0.0106. The van der Waals surface area contributed by atoms with Crippen molar-refractivity contribution >= 4 is 17.2 Å². The highest BCUT2D eigenvalue weighted by molar-refractivity contribution is 7.12. The molecule has 5 nitrogen and oxygen atoms in total. The van der Waals surface area contributed by atoms with Crippen LogP contribution in [0.3, 0.4) is 0 Å². The number of rotatable bonds is 3. The second-order valence-electron chi connectivity index (χ2n) is 5.90. The maximum absolute atomic E-state index is 12.6. The zero-order valence-electron chi connectivity index (χ0n) is 13.2. The topological polar surface area (TPSA) is 59.0 Å². The van der Waals surface area contributed by atoms with Crippen molar-refractivity contribution < 1.29 is 4.79 Å². The van der Waals surface area contributed by atoms with Gasteiger partial charge in [0.1, 0.15) is 0 Å². The first kappa shape index (κ1) is 15.2. The van der Waals surface area contributed by atoms with Crippen LogP contribution in [0.2, 0.25) is 0 Å². The molecule has 0 aliphatic carbocycles. The number of aryl methyl sites for hydroxylation is 1. The monoisotopic (exact) mass is 318 g/mol. The normalized spacial score (nSPS) is 21.8. The molecule has 0 radical (unpaired) electrons. The Kier molecular flexibility index (Phi) is 4.31. The van der Waals surface area contributed by atoms with E-state index in [0.29, 0.717) is 6.04 Å². The molecule has 2 aromatic heterocycles. The number of hydrogen-bond donors (Lipinski definition) is 2. The number of hydrogen-bond acceptors (Lipinski definition) is 4. The van der Waals surface area contributed by atoms with Gasteiger partial charge in [-0.05, 0) is 46.2 Å². The molecule has 1 aliphatic heterocycles. The van der Waals surface area contributed by atoms with E-state index in [9.17, 15) is 4.79 Å². The van der Waals surface area contributed by atoms with Crippen LogP contribution in [0.25, 0.3) is 5.13 Å². The third-order valence-electron chi connectivity index (χ3n) is 4.36. The Labute approximate surface area is 134 Å². The molecule has 0 spiro atoms. The molecule has 0 aromatic carbocycles. The minimum absolute atomic E-state index is 0.0106. The average Bonchev–Trinajstić information content (AvgIpc) is 3.09. The summed E-state index contributed by atoms with van der Waals surface area (Å²) in [4.78, 5) is 17.0. The summed E-state index contributed by atoms with van der Waals surface area (Å²) >= 11 is 1.58. The van der Waals surface area contributed by atoms with Gasteiger partial charge in [-0.2, -0.15) is 0 Å². The Balaban J connectivity index is 1.83. The molecule has 22 heavy (non-hydrogen) atoms. The Hall–Kier alpha value is -1.66. The van der Waals surface area contributed by atoms with E-state index in [1.807, 2.05) is 29.9 Å². The van der Waals surface area contributed by atoms with Gasteiger partial charge in [0.05, 0.1) is 5.56 Å². The lowest BCUT2D eigenvalue weighted by molar-refractivity contribution is 0.0919. The van der Waals surface area contributed by atoms with Crippen molar-refractivity contribution in [1.82, 2.24) is 20.2 Å². The summed E-state index contributed by atoms with van der Waals surface area (Å²) in [5.74, 6) is 0.0106. The van der Waals surface area contributed by atoms with Gasteiger partial charge in [0.15, 0.2) is 5.13 Å². The molecule has 6 heteroatoms. The highest BCUT2D eigenvalue weighted by Crippen LogP contribution is 2.22. The number of carbonyl (C=O) groups excluding carboxylic acids is 1. The number of thiazole rings is 1. The number of amides is 1. The fourth-order valence-corrected chi connectivity index (χ4v) is 3.85. The number of nitrogens with zero attached hydrogens (tertiary/aromatic N) is 2. The maximum Gasteiger partial charge on any atom is 0.253 e. The van der Waals surface area contributed by atoms with E-state index in [0.717, 1.165) is 41.5 Å². The van der Waals surface area contributed by atoms with Crippen LogP contribution >= 0.6 is 11.3 Å². The number of piperidine rings is 1. The molecular weight excluding hydrogens is 296 g/mol. The first-order valence-corrected chi connectivity index (χ1v) is 8.59. The van der Waals surface area contributed by atoms with Crippen LogP contribution in [0, 0.1) is 13.8 Å². The molecule has 118 valence electrons. The Bertz CT molecular complexity index is 662. The predicted molar refractivity (Wildman–Crippen MR) is 88.9 cm³/mol. The molecule has 2 unspecified atom stereocenters. The van der Waals surface area contributed by atoms with Crippen molar-refractivity contribution in [2.45, 2.75) is 45.7 Å². The molecule has 1 fully saturated rings. The van der Waals surface area contributed by atoms with E-state index >= 15 is 0 Å². The average molecular weight is 318 g/mol. The lowest BCUT2D eigenvalue weighted by Gasteiger charge is -2.30. The summed E-state index contributed by atoms with van der Waals surface area (Å²) in [6.07, 6.45) is 3.92. The smallest absolute Gasteiger partial charge is 0.253 e. The van der Waals surface area contributed by atoms with Gasteiger partial charge < -0.3 is 10.6 Å². The summed E-state index contributed by atoms with van der Waals surface area (Å²) in [6.45, 7) is 7.15. The highest BCUT2D eigenvalue weighted by atomic mass is 32.1. The summed E-state index contributed by atoms with van der Waals surface area (Å²) < 4.78 is 2.04. The summed E-state index contributed by atoms with van der Waals surface area (Å²) in [5, 5.41) is 9.45. The molecule has 0 bridgehead atoms. The van der Waals surface area contributed by atoms with Crippen LogP contribution < -0.4 is 10.6 Å². The van der Waals surface area contributed by atoms with Crippen molar-refractivity contribution in [2.24, 2.45) is 0 Å². The largest absolute Gasteiger partial charge is 0.348 e. The Morgan fingerprint density at radius 3 is 3.00 bits per heavy atom. The second-order valence-corrected chi connectivity index (χ2v) is 6.77. The number of aromatic nitrogens is 2. The van der Waals surface area contributed by atoms with Crippen molar-refractivity contribution in [3.8, 4) is 5.13 Å². The third kappa shape index (κ3) is 2.80. The lowest BCUT2D eigenvalue weighted by Crippen LogP contribution is -2.51. The van der Waals surface area contributed by atoms with E-state index in [4.69, 9.17) is 0 Å². The first-order valence-electron chi connectivity index (χ1n) is 7.71. The quantitative estimate of drug-likeness (QED) is 0.914. The Morgan fingerprint density at radius 1 is 1.50 bits per heavy atom. The lowest BCUT2D eigenvalue weighted by atomic mass is 9.99. The zero-order valence-corrected chi connectivity index (χ0v) is 14.0. The summed E-state index contributed by atoms with van der Waals surface area (Å²) in [5.41, 5.74) is 2.72. The van der Waals surface area contributed by atoms with Gasteiger partial charge in [-0.15, -0.1) is 11.3 Å². The van der Waals surface area contributed by atoms with Gasteiger partial charge in [-0.1, -0.05) is 0 Å². The standard InChI is InChI=1S/C16H22N4OS/c1-10-9-13(12(3)20(10)16-18-7-8-22-16)15(21)19-14-5-4-6-17-11(14)2/h7-9,11,14,17H,4-6H2,1-3H3,(H,19,21). The van der Waals surface area contributed by atoms with Crippen LogP contribution in [0.4, 0.5) is 0 Å². The van der Waals surface area contributed by atoms with E-state index in [2.05, 4.69) is 22.5 Å². The predicted octanol–water partition coefficient (Wildman–Crippen LogP) is 2.42. The third-order valence-corrected chi connectivity index (χ3v) is 5.12. The van der Waals surface area contributed by atoms with E-state index in [1.54, 1.807) is 17.5 Å². The van der Waals surface area contributed by atoms with Gasteiger partial charge in [0.2, 0.25) is 0 Å². The van der Waals surface area contributed by atoms with E-state index in [1.165, 1.54) is 0 Å². The molecule has 1 aliphatic rings. The highest BCUT2D eigenvalue weighted by Gasteiger charge is 2.25. The molecular formula is C16H22N4OS. The van der Waals surface area contributed by atoms with Gasteiger partial charge in [-0.3, -0.25) is 9.36 Å². The molecule has 3 rings (SSSR count). The van der Waals surface area contributed by atoms with Gasteiger partial charge in [-0.25, -0.2) is 4.98 Å². The van der Waals surface area contributed by atoms with E-state index < -0.39 is 0 Å². The van der Waals surface area contributed by atoms with Crippen molar-refractivity contribution in [3.63, 3.8) is 0 Å². The molecule has 0 saturated carbocycles. The molecule has 2 aromatic rings. The molecule has 2 atom stereocenters. The fourth-order valence-electron chi connectivity index (χ4n) is 3.10. The molecule has 3 heterocycles. The van der Waals surface area contributed by atoms with Crippen LogP contribution in [0.1, 0.15) is 41.5 Å². The Morgan fingerprint density at radius 2 is 2.32 bits per heavy atom. The van der Waals surface area contributed by atoms with Crippen LogP contribution in [0.15, 0.2) is 17.6 Å². The van der Waals surface area contributed by atoms with Gasteiger partial charge >= 0.3 is 0 Å². The van der Waals surface area contributed by atoms with Crippen LogP contribution in [0.5, 0.6) is 0 Å². The maximum atomic E-state index is 12.6. The van der Waals surface area contributed by atoms with Crippen molar-refractivity contribution in [3.05, 3.63) is 34.6 Å². The second kappa shape index (κ2) is 6.22. The minimum Gasteiger partial charge on any atom is -0.348 e. The number of carbonyl (C=O) groups is 1. The van der Waals surface area contributed by atoms with E-state index in [-0.39, 0.29) is 11.9 Å². The molecule has 1 saturated heterocycles. The molecule has 2 N–H and O–H groups in total. The number of nitrogens with one attached hydrogen (secondary N) is 2. The van der Waals surface area contributed by atoms with Crippen LogP contribution in [-0.4, -0.2) is 34.1 Å². The zero-order chi connectivity index (χ0) is 15.7.